The summed E-state index contributed by atoms with van der Waals surface area (Å²) in [5.74, 6) is -0.339. The molecule has 0 spiro atoms. The third kappa shape index (κ3) is 3.39. The molecular formula is C14H13BClNO3. The number of hydrogen-bond donors (Lipinski definition) is 3. The lowest BCUT2D eigenvalue weighted by Crippen LogP contribution is -2.31. The Morgan fingerprint density at radius 1 is 1.20 bits per heavy atom. The molecule has 102 valence electrons. The van der Waals surface area contributed by atoms with Crippen LogP contribution in [0, 0.1) is 6.92 Å². The molecule has 0 atom stereocenters. The van der Waals surface area contributed by atoms with Crippen LogP contribution < -0.4 is 10.8 Å². The van der Waals surface area contributed by atoms with Crippen molar-refractivity contribution in [3.05, 3.63) is 58.6 Å². The molecule has 0 aliphatic rings. The summed E-state index contributed by atoms with van der Waals surface area (Å²) in [5, 5.41) is 21.3. The SMILES string of the molecule is Cc1cccc(NC(=O)c2ccc(Cl)c(B(O)O)c2)c1. The second-order valence-corrected chi connectivity index (χ2v) is 4.84. The molecule has 0 heterocycles. The van der Waals surface area contributed by atoms with Crippen molar-refractivity contribution in [1.82, 2.24) is 0 Å². The Bertz CT molecular complexity index is 646. The molecule has 2 aromatic carbocycles. The van der Waals surface area contributed by atoms with Gasteiger partial charge in [0.2, 0.25) is 0 Å². The highest BCUT2D eigenvalue weighted by Gasteiger charge is 2.17. The molecule has 2 rings (SSSR count). The molecule has 1 amide bonds. The summed E-state index contributed by atoms with van der Waals surface area (Å²) in [5.41, 5.74) is 2.11. The number of carbonyl (C=O) groups is 1. The second-order valence-electron chi connectivity index (χ2n) is 4.43. The normalized spacial score (nSPS) is 10.2. The number of benzene rings is 2. The summed E-state index contributed by atoms with van der Waals surface area (Å²) < 4.78 is 0. The smallest absolute Gasteiger partial charge is 0.423 e. The van der Waals surface area contributed by atoms with Crippen molar-refractivity contribution in [1.29, 1.82) is 0 Å². The number of aryl methyl sites for hydroxylation is 1. The van der Waals surface area contributed by atoms with Crippen molar-refractivity contribution in [3.8, 4) is 0 Å². The van der Waals surface area contributed by atoms with Crippen LogP contribution in [0.5, 0.6) is 0 Å². The molecule has 0 bridgehead atoms. The molecule has 0 aliphatic heterocycles. The van der Waals surface area contributed by atoms with Crippen LogP contribution in [0.4, 0.5) is 5.69 Å². The highest BCUT2D eigenvalue weighted by atomic mass is 35.5. The Hall–Kier alpha value is -1.82. The predicted octanol–water partition coefficient (Wildman–Crippen LogP) is 1.58. The fourth-order valence-corrected chi connectivity index (χ4v) is 2.02. The third-order valence-corrected chi connectivity index (χ3v) is 3.16. The number of hydrogen-bond acceptors (Lipinski definition) is 3. The van der Waals surface area contributed by atoms with Crippen molar-refractivity contribution < 1.29 is 14.8 Å². The minimum atomic E-state index is -1.71. The van der Waals surface area contributed by atoms with E-state index in [9.17, 15) is 14.8 Å². The van der Waals surface area contributed by atoms with Gasteiger partial charge < -0.3 is 15.4 Å². The molecule has 6 heteroatoms. The molecule has 0 aromatic heterocycles. The predicted molar refractivity (Wildman–Crippen MR) is 80.4 cm³/mol. The maximum absolute atomic E-state index is 12.1. The van der Waals surface area contributed by atoms with Crippen molar-refractivity contribution in [2.45, 2.75) is 6.92 Å². The number of rotatable bonds is 3. The Morgan fingerprint density at radius 3 is 2.60 bits per heavy atom. The maximum Gasteiger partial charge on any atom is 0.489 e. The van der Waals surface area contributed by atoms with E-state index in [1.165, 1.54) is 18.2 Å². The van der Waals surface area contributed by atoms with E-state index in [0.29, 0.717) is 11.3 Å². The number of nitrogens with one attached hydrogen (secondary N) is 1. The van der Waals surface area contributed by atoms with Gasteiger partial charge in [0.15, 0.2) is 0 Å². The van der Waals surface area contributed by atoms with Crippen LogP contribution in [-0.4, -0.2) is 23.1 Å². The van der Waals surface area contributed by atoms with Gasteiger partial charge >= 0.3 is 7.12 Å². The lowest BCUT2D eigenvalue weighted by molar-refractivity contribution is 0.102. The summed E-state index contributed by atoms with van der Waals surface area (Å²) in [6, 6.07) is 11.7. The molecule has 0 radical (unpaired) electrons. The first-order chi connectivity index (χ1) is 9.47. The lowest BCUT2D eigenvalue weighted by Gasteiger charge is -2.08. The van der Waals surface area contributed by atoms with E-state index < -0.39 is 7.12 Å². The van der Waals surface area contributed by atoms with Gasteiger partial charge in [-0.2, -0.15) is 0 Å². The molecule has 0 saturated carbocycles. The summed E-state index contributed by atoms with van der Waals surface area (Å²) >= 11 is 5.83. The highest BCUT2D eigenvalue weighted by Crippen LogP contribution is 2.13. The molecule has 2 aromatic rings. The van der Waals surface area contributed by atoms with E-state index >= 15 is 0 Å². The fourth-order valence-electron chi connectivity index (χ4n) is 1.81. The molecule has 0 unspecified atom stereocenters. The van der Waals surface area contributed by atoms with Crippen LogP contribution in [0.3, 0.4) is 0 Å². The topological polar surface area (TPSA) is 69.6 Å². The van der Waals surface area contributed by atoms with Crippen LogP contribution >= 0.6 is 11.6 Å². The Morgan fingerprint density at radius 2 is 1.95 bits per heavy atom. The van der Waals surface area contributed by atoms with Crippen LogP contribution in [-0.2, 0) is 0 Å². The van der Waals surface area contributed by atoms with E-state index in [1.54, 1.807) is 6.07 Å². The number of amides is 1. The minimum Gasteiger partial charge on any atom is -0.423 e. The largest absolute Gasteiger partial charge is 0.489 e. The van der Waals surface area contributed by atoms with Crippen molar-refractivity contribution in [2.24, 2.45) is 0 Å². The van der Waals surface area contributed by atoms with E-state index in [0.717, 1.165) is 5.56 Å². The first-order valence-electron chi connectivity index (χ1n) is 6.01. The van der Waals surface area contributed by atoms with Crippen molar-refractivity contribution in [2.75, 3.05) is 5.32 Å². The second kappa shape index (κ2) is 6.09. The molecule has 20 heavy (non-hydrogen) atoms. The number of carbonyl (C=O) groups excluding carboxylic acids is 1. The Kier molecular flexibility index (Phi) is 4.44. The lowest BCUT2D eigenvalue weighted by atomic mass is 9.79. The minimum absolute atomic E-state index is 0.101. The van der Waals surface area contributed by atoms with E-state index in [2.05, 4.69) is 5.32 Å². The summed E-state index contributed by atoms with van der Waals surface area (Å²) in [6.07, 6.45) is 0. The van der Waals surface area contributed by atoms with Gasteiger partial charge in [0.05, 0.1) is 0 Å². The zero-order chi connectivity index (χ0) is 14.7. The van der Waals surface area contributed by atoms with Crippen molar-refractivity contribution in [3.63, 3.8) is 0 Å². The molecule has 4 nitrogen and oxygen atoms in total. The Balaban J connectivity index is 2.23. The maximum atomic E-state index is 12.1. The summed E-state index contributed by atoms with van der Waals surface area (Å²) in [7, 11) is -1.71. The molecule has 0 saturated heterocycles. The van der Waals surface area contributed by atoms with Gasteiger partial charge in [0.25, 0.3) is 5.91 Å². The van der Waals surface area contributed by atoms with E-state index in [-0.39, 0.29) is 16.4 Å². The van der Waals surface area contributed by atoms with Gasteiger partial charge in [0.1, 0.15) is 0 Å². The molecule has 0 aliphatic carbocycles. The van der Waals surface area contributed by atoms with Gasteiger partial charge in [-0.15, -0.1) is 0 Å². The van der Waals surface area contributed by atoms with E-state index in [1.807, 2.05) is 25.1 Å². The van der Waals surface area contributed by atoms with Crippen molar-refractivity contribution >= 4 is 35.8 Å². The summed E-state index contributed by atoms with van der Waals surface area (Å²) in [4.78, 5) is 12.1. The fraction of sp³-hybridized carbons (Fsp3) is 0.0714. The first-order valence-corrected chi connectivity index (χ1v) is 6.39. The number of anilines is 1. The molecule has 3 N–H and O–H groups in total. The zero-order valence-corrected chi connectivity index (χ0v) is 11.6. The standard InChI is InChI=1S/C14H13BClNO3/c1-9-3-2-4-11(7-9)17-14(18)10-5-6-13(16)12(8-10)15(19)20/h2-8,19-20H,1H3,(H,17,18). The van der Waals surface area contributed by atoms with Gasteiger partial charge in [0, 0.05) is 21.7 Å². The van der Waals surface area contributed by atoms with Gasteiger partial charge in [-0.1, -0.05) is 23.7 Å². The number of halogens is 1. The average Bonchev–Trinajstić information content (AvgIpc) is 2.38. The Labute approximate surface area is 122 Å². The zero-order valence-electron chi connectivity index (χ0n) is 10.8. The van der Waals surface area contributed by atoms with Gasteiger partial charge in [-0.05, 0) is 42.8 Å². The van der Waals surface area contributed by atoms with Crippen LogP contribution in [0.2, 0.25) is 5.02 Å². The van der Waals surface area contributed by atoms with Gasteiger partial charge in [-0.3, -0.25) is 4.79 Å². The molecule has 0 fully saturated rings. The summed E-state index contributed by atoms with van der Waals surface area (Å²) in [6.45, 7) is 1.93. The average molecular weight is 290 g/mol. The van der Waals surface area contributed by atoms with E-state index in [4.69, 9.17) is 11.6 Å². The highest BCUT2D eigenvalue weighted by molar-refractivity contribution is 6.62. The third-order valence-electron chi connectivity index (χ3n) is 2.81. The quantitative estimate of drug-likeness (QED) is 0.751. The van der Waals surface area contributed by atoms with Gasteiger partial charge in [-0.25, -0.2) is 0 Å². The monoisotopic (exact) mass is 289 g/mol. The van der Waals surface area contributed by atoms with Crippen LogP contribution in [0.25, 0.3) is 0 Å². The first kappa shape index (κ1) is 14.6. The van der Waals surface area contributed by atoms with Crippen LogP contribution in [0.15, 0.2) is 42.5 Å². The van der Waals surface area contributed by atoms with Crippen LogP contribution in [0.1, 0.15) is 15.9 Å². The molecular weight excluding hydrogens is 276 g/mol.